The Morgan fingerprint density at radius 1 is 1.28 bits per heavy atom. The molecule has 0 saturated heterocycles. The predicted molar refractivity (Wildman–Crippen MR) is 91.1 cm³/mol. The molecule has 1 N–H and O–H groups in total. The standard InChI is InChI=1S/C15H9BrClFN2O5/c16-11-5-8(18)1-3-10(11)15(22)25-7-14(21)19-9-2-4-12(17)13(6-9)20(23)24/h1-6H,7H2,(H,19,21). The largest absolute Gasteiger partial charge is 0.452 e. The van der Waals surface area contributed by atoms with Gasteiger partial charge in [0.05, 0.1) is 10.5 Å². The second-order valence-corrected chi connectivity index (χ2v) is 5.93. The summed E-state index contributed by atoms with van der Waals surface area (Å²) in [4.78, 5) is 33.8. The molecule has 0 aliphatic carbocycles. The quantitative estimate of drug-likeness (QED) is 0.439. The lowest BCUT2D eigenvalue weighted by molar-refractivity contribution is -0.384. The fourth-order valence-electron chi connectivity index (χ4n) is 1.79. The Hall–Kier alpha value is -2.52. The molecule has 0 unspecified atom stereocenters. The minimum atomic E-state index is -0.830. The van der Waals surface area contributed by atoms with E-state index < -0.39 is 29.2 Å². The Balaban J connectivity index is 1.98. The zero-order valence-electron chi connectivity index (χ0n) is 12.3. The molecule has 0 radical (unpaired) electrons. The summed E-state index contributed by atoms with van der Waals surface area (Å²) < 4.78 is 18.0. The van der Waals surface area contributed by atoms with Crippen molar-refractivity contribution in [3.63, 3.8) is 0 Å². The number of amides is 1. The van der Waals surface area contributed by atoms with Gasteiger partial charge in [-0.15, -0.1) is 0 Å². The van der Waals surface area contributed by atoms with E-state index in [1.807, 2.05) is 0 Å². The molecule has 0 aliphatic heterocycles. The first-order chi connectivity index (χ1) is 11.8. The topological polar surface area (TPSA) is 98.5 Å². The van der Waals surface area contributed by atoms with Crippen LogP contribution in [0.3, 0.4) is 0 Å². The first kappa shape index (κ1) is 18.8. The van der Waals surface area contributed by atoms with Crippen molar-refractivity contribution in [1.82, 2.24) is 0 Å². The highest BCUT2D eigenvalue weighted by molar-refractivity contribution is 9.10. The Kier molecular flexibility index (Phi) is 6.05. The zero-order chi connectivity index (χ0) is 18.6. The summed E-state index contributed by atoms with van der Waals surface area (Å²) in [5.74, 6) is -2.07. The molecule has 1 amide bonds. The minimum absolute atomic E-state index is 0.0522. The van der Waals surface area contributed by atoms with Crippen LogP contribution in [0.4, 0.5) is 15.8 Å². The molecular weight excluding hydrogens is 423 g/mol. The molecule has 2 aromatic rings. The Bertz CT molecular complexity index is 862. The average molecular weight is 432 g/mol. The van der Waals surface area contributed by atoms with Crippen molar-refractivity contribution in [1.29, 1.82) is 0 Å². The molecule has 0 bridgehead atoms. The molecule has 2 rings (SSSR count). The number of anilines is 1. The van der Waals surface area contributed by atoms with E-state index in [-0.39, 0.29) is 26.4 Å². The molecule has 0 aliphatic rings. The average Bonchev–Trinajstić information content (AvgIpc) is 2.54. The van der Waals surface area contributed by atoms with Crippen molar-refractivity contribution in [2.45, 2.75) is 0 Å². The van der Waals surface area contributed by atoms with Crippen molar-refractivity contribution >= 4 is 50.8 Å². The second kappa shape index (κ2) is 8.04. The summed E-state index contributed by atoms with van der Waals surface area (Å²) in [6, 6.07) is 7.08. The molecule has 130 valence electrons. The number of rotatable bonds is 5. The van der Waals surface area contributed by atoms with Crippen molar-refractivity contribution in [2.24, 2.45) is 0 Å². The minimum Gasteiger partial charge on any atom is -0.452 e. The number of carbonyl (C=O) groups is 2. The molecule has 0 aromatic heterocycles. The molecule has 0 atom stereocenters. The van der Waals surface area contributed by atoms with Crippen molar-refractivity contribution in [3.05, 3.63) is 67.4 Å². The van der Waals surface area contributed by atoms with Crippen LogP contribution in [0.5, 0.6) is 0 Å². The number of nitrogens with zero attached hydrogens (tertiary/aromatic N) is 1. The van der Waals surface area contributed by atoms with Crippen LogP contribution in [0.1, 0.15) is 10.4 Å². The van der Waals surface area contributed by atoms with Crippen LogP contribution < -0.4 is 5.32 Å². The smallest absolute Gasteiger partial charge is 0.339 e. The van der Waals surface area contributed by atoms with E-state index in [1.54, 1.807) is 0 Å². The van der Waals surface area contributed by atoms with Gasteiger partial charge in [-0.2, -0.15) is 0 Å². The third-order valence-corrected chi connectivity index (χ3v) is 3.89. The number of hydrogen-bond acceptors (Lipinski definition) is 5. The first-order valence-corrected chi connectivity index (χ1v) is 7.81. The van der Waals surface area contributed by atoms with Gasteiger partial charge in [-0.25, -0.2) is 9.18 Å². The number of ether oxygens (including phenoxy) is 1. The van der Waals surface area contributed by atoms with Gasteiger partial charge in [0.25, 0.3) is 11.6 Å². The maximum atomic E-state index is 13.0. The van der Waals surface area contributed by atoms with Gasteiger partial charge in [-0.1, -0.05) is 11.6 Å². The predicted octanol–water partition coefficient (Wildman–Crippen LogP) is 3.95. The Morgan fingerprint density at radius 3 is 2.64 bits per heavy atom. The lowest BCUT2D eigenvalue weighted by Crippen LogP contribution is -2.21. The van der Waals surface area contributed by atoms with E-state index in [0.29, 0.717) is 0 Å². The van der Waals surface area contributed by atoms with Gasteiger partial charge in [0, 0.05) is 16.2 Å². The lowest BCUT2D eigenvalue weighted by Gasteiger charge is -2.08. The molecule has 0 fully saturated rings. The normalized spacial score (nSPS) is 10.2. The van der Waals surface area contributed by atoms with E-state index in [9.17, 15) is 24.1 Å². The van der Waals surface area contributed by atoms with Crippen molar-refractivity contribution in [3.8, 4) is 0 Å². The van der Waals surface area contributed by atoms with E-state index in [4.69, 9.17) is 16.3 Å². The van der Waals surface area contributed by atoms with Gasteiger partial charge in [-0.05, 0) is 46.3 Å². The van der Waals surface area contributed by atoms with Crippen LogP contribution in [-0.4, -0.2) is 23.4 Å². The lowest BCUT2D eigenvalue weighted by atomic mass is 10.2. The molecule has 25 heavy (non-hydrogen) atoms. The molecular formula is C15H9BrClFN2O5. The third kappa shape index (κ3) is 4.97. The highest BCUT2D eigenvalue weighted by Gasteiger charge is 2.16. The number of carbonyl (C=O) groups excluding carboxylic acids is 2. The maximum Gasteiger partial charge on any atom is 0.339 e. The van der Waals surface area contributed by atoms with Crippen LogP contribution in [0.25, 0.3) is 0 Å². The zero-order valence-corrected chi connectivity index (χ0v) is 14.6. The van der Waals surface area contributed by atoms with Gasteiger partial charge in [0.2, 0.25) is 0 Å². The van der Waals surface area contributed by atoms with Gasteiger partial charge in [0.1, 0.15) is 10.8 Å². The fourth-order valence-corrected chi connectivity index (χ4v) is 2.49. The number of esters is 1. The number of nitrogens with one attached hydrogen (secondary N) is 1. The molecule has 10 heteroatoms. The van der Waals surface area contributed by atoms with E-state index in [2.05, 4.69) is 21.2 Å². The summed E-state index contributed by atoms with van der Waals surface area (Å²) in [5, 5.41) is 13.1. The van der Waals surface area contributed by atoms with Gasteiger partial charge in [-0.3, -0.25) is 14.9 Å². The van der Waals surface area contributed by atoms with Crippen molar-refractivity contribution < 1.29 is 23.6 Å². The summed E-state index contributed by atoms with van der Waals surface area (Å²) in [5.41, 5.74) is -0.192. The van der Waals surface area contributed by atoms with Crippen LogP contribution in [0.2, 0.25) is 5.02 Å². The third-order valence-electron chi connectivity index (χ3n) is 2.91. The highest BCUT2D eigenvalue weighted by atomic mass is 79.9. The van der Waals surface area contributed by atoms with Crippen molar-refractivity contribution in [2.75, 3.05) is 11.9 Å². The van der Waals surface area contributed by atoms with Crippen LogP contribution in [-0.2, 0) is 9.53 Å². The monoisotopic (exact) mass is 430 g/mol. The SMILES string of the molecule is O=C(COC(=O)c1ccc(F)cc1Br)Nc1ccc(Cl)c([N+](=O)[O-])c1. The summed E-state index contributed by atoms with van der Waals surface area (Å²) >= 11 is 8.69. The van der Waals surface area contributed by atoms with Crippen LogP contribution in [0, 0.1) is 15.9 Å². The summed E-state index contributed by atoms with van der Waals surface area (Å²) in [6.07, 6.45) is 0. The van der Waals surface area contributed by atoms with E-state index in [0.717, 1.165) is 18.2 Å². The van der Waals surface area contributed by atoms with Gasteiger partial charge >= 0.3 is 5.97 Å². The Labute approximate surface area is 154 Å². The number of nitro benzene ring substituents is 1. The molecule has 0 saturated carbocycles. The molecule has 7 nitrogen and oxygen atoms in total. The summed E-state index contributed by atoms with van der Waals surface area (Å²) in [7, 11) is 0. The number of nitro groups is 1. The van der Waals surface area contributed by atoms with Crippen LogP contribution >= 0.6 is 27.5 Å². The molecule has 2 aromatic carbocycles. The Morgan fingerprint density at radius 2 is 2.00 bits per heavy atom. The number of halogens is 3. The highest BCUT2D eigenvalue weighted by Crippen LogP contribution is 2.27. The molecule has 0 spiro atoms. The number of benzene rings is 2. The van der Waals surface area contributed by atoms with E-state index >= 15 is 0 Å². The molecule has 0 heterocycles. The fraction of sp³-hybridized carbons (Fsp3) is 0.0667. The summed E-state index contributed by atoms with van der Waals surface area (Å²) in [6.45, 7) is -0.626. The maximum absolute atomic E-state index is 13.0. The second-order valence-electron chi connectivity index (χ2n) is 4.67. The first-order valence-electron chi connectivity index (χ1n) is 6.64. The number of hydrogen-bond donors (Lipinski definition) is 1. The van der Waals surface area contributed by atoms with Crippen LogP contribution in [0.15, 0.2) is 40.9 Å². The van der Waals surface area contributed by atoms with Gasteiger partial charge < -0.3 is 10.1 Å². The van der Waals surface area contributed by atoms with Gasteiger partial charge in [0.15, 0.2) is 6.61 Å². The van der Waals surface area contributed by atoms with E-state index in [1.165, 1.54) is 18.2 Å².